The van der Waals surface area contributed by atoms with Crippen molar-refractivity contribution in [3.8, 4) is 11.8 Å². The van der Waals surface area contributed by atoms with Crippen LogP contribution in [0, 0.1) is 23.7 Å². The van der Waals surface area contributed by atoms with Crippen LogP contribution in [-0.2, 0) is 9.59 Å². The van der Waals surface area contributed by atoms with Gasteiger partial charge in [0.15, 0.2) is 5.78 Å². The van der Waals surface area contributed by atoms with Crippen LogP contribution in [-0.4, -0.2) is 16.9 Å². The third-order valence-electron chi connectivity index (χ3n) is 3.59. The number of allylic oxidation sites excluding steroid dienone is 4. The van der Waals surface area contributed by atoms with Gasteiger partial charge >= 0.3 is 5.97 Å². The van der Waals surface area contributed by atoms with Gasteiger partial charge in [-0.3, -0.25) is 9.59 Å². The van der Waals surface area contributed by atoms with E-state index in [4.69, 9.17) is 5.11 Å². The highest BCUT2D eigenvalue weighted by Crippen LogP contribution is 2.28. The molecule has 1 N–H and O–H groups in total. The van der Waals surface area contributed by atoms with Crippen molar-refractivity contribution in [2.24, 2.45) is 11.8 Å². The van der Waals surface area contributed by atoms with E-state index in [1.807, 2.05) is 6.08 Å². The SMILES string of the molecule is CCC=CCC1C(=O)C=CC1CC#CCCCCC(=O)O. The second-order valence-electron chi connectivity index (χ2n) is 5.31. The number of ketones is 1. The maximum absolute atomic E-state index is 11.8. The van der Waals surface area contributed by atoms with Crippen LogP contribution in [0.2, 0.25) is 0 Å². The summed E-state index contributed by atoms with van der Waals surface area (Å²) in [5.41, 5.74) is 0. The minimum Gasteiger partial charge on any atom is -0.481 e. The summed E-state index contributed by atoms with van der Waals surface area (Å²) < 4.78 is 0. The van der Waals surface area contributed by atoms with E-state index < -0.39 is 5.97 Å². The van der Waals surface area contributed by atoms with Crippen molar-refractivity contribution in [1.82, 2.24) is 0 Å². The third-order valence-corrected chi connectivity index (χ3v) is 3.59. The highest BCUT2D eigenvalue weighted by Gasteiger charge is 2.27. The number of rotatable bonds is 8. The van der Waals surface area contributed by atoms with Crippen LogP contribution in [0.25, 0.3) is 0 Å². The number of carbonyl (C=O) groups excluding carboxylic acids is 1. The summed E-state index contributed by atoms with van der Waals surface area (Å²) in [5.74, 6) is 5.95. The molecule has 0 aromatic rings. The van der Waals surface area contributed by atoms with E-state index >= 15 is 0 Å². The Morgan fingerprint density at radius 2 is 2.14 bits per heavy atom. The zero-order valence-corrected chi connectivity index (χ0v) is 12.7. The molecular formula is C18H24O3. The number of unbranched alkanes of at least 4 members (excludes halogenated alkanes) is 2. The molecule has 0 saturated carbocycles. The van der Waals surface area contributed by atoms with Crippen molar-refractivity contribution in [1.29, 1.82) is 0 Å². The summed E-state index contributed by atoms with van der Waals surface area (Å²) in [6, 6.07) is 0. The first-order chi connectivity index (χ1) is 10.1. The minimum atomic E-state index is -0.749. The van der Waals surface area contributed by atoms with E-state index in [-0.39, 0.29) is 24.0 Å². The van der Waals surface area contributed by atoms with E-state index in [0.29, 0.717) is 12.8 Å². The smallest absolute Gasteiger partial charge is 0.303 e. The van der Waals surface area contributed by atoms with Crippen LogP contribution in [0.15, 0.2) is 24.3 Å². The van der Waals surface area contributed by atoms with Gasteiger partial charge in [0.2, 0.25) is 0 Å². The zero-order valence-electron chi connectivity index (χ0n) is 12.7. The molecule has 0 spiro atoms. The Hall–Kier alpha value is -1.82. The first-order valence-electron chi connectivity index (χ1n) is 7.69. The molecule has 3 heteroatoms. The van der Waals surface area contributed by atoms with Crippen molar-refractivity contribution in [3.05, 3.63) is 24.3 Å². The first kappa shape index (κ1) is 17.2. The number of carbonyl (C=O) groups is 2. The molecule has 1 aliphatic carbocycles. The van der Waals surface area contributed by atoms with Crippen LogP contribution in [0.4, 0.5) is 0 Å². The van der Waals surface area contributed by atoms with Gasteiger partial charge in [-0.25, -0.2) is 0 Å². The molecule has 0 amide bonds. The van der Waals surface area contributed by atoms with Gasteiger partial charge in [0.05, 0.1) is 0 Å². The summed E-state index contributed by atoms with van der Waals surface area (Å²) in [6.45, 7) is 2.08. The number of carboxylic acid groups (broad SMARTS) is 1. The van der Waals surface area contributed by atoms with Gasteiger partial charge in [0.25, 0.3) is 0 Å². The monoisotopic (exact) mass is 288 g/mol. The molecule has 0 aromatic carbocycles. The predicted octanol–water partition coefficient (Wildman–Crippen LogP) is 3.75. The molecule has 114 valence electrons. The van der Waals surface area contributed by atoms with Crippen LogP contribution < -0.4 is 0 Å². The molecule has 0 bridgehead atoms. The first-order valence-corrected chi connectivity index (χ1v) is 7.69. The van der Waals surface area contributed by atoms with Crippen molar-refractivity contribution >= 4 is 11.8 Å². The van der Waals surface area contributed by atoms with E-state index in [1.54, 1.807) is 6.08 Å². The second-order valence-corrected chi connectivity index (χ2v) is 5.31. The maximum Gasteiger partial charge on any atom is 0.303 e. The zero-order chi connectivity index (χ0) is 15.5. The molecule has 0 aromatic heterocycles. The Morgan fingerprint density at radius 1 is 1.33 bits per heavy atom. The number of hydrogen-bond donors (Lipinski definition) is 1. The second kappa shape index (κ2) is 9.99. The highest BCUT2D eigenvalue weighted by molar-refractivity contribution is 5.94. The van der Waals surface area contributed by atoms with Gasteiger partial charge in [-0.05, 0) is 37.7 Å². The molecule has 0 heterocycles. The van der Waals surface area contributed by atoms with Crippen molar-refractivity contribution in [2.45, 2.75) is 51.9 Å². The third kappa shape index (κ3) is 6.94. The molecule has 2 atom stereocenters. The van der Waals surface area contributed by atoms with E-state index in [9.17, 15) is 9.59 Å². The van der Waals surface area contributed by atoms with Crippen LogP contribution in [0.1, 0.15) is 51.9 Å². The molecule has 1 rings (SSSR count). The fourth-order valence-electron chi connectivity index (χ4n) is 2.37. The van der Waals surface area contributed by atoms with Crippen LogP contribution >= 0.6 is 0 Å². The normalized spacial score (nSPS) is 20.7. The van der Waals surface area contributed by atoms with E-state index in [2.05, 4.69) is 30.9 Å². The summed E-state index contributed by atoms with van der Waals surface area (Å²) >= 11 is 0. The van der Waals surface area contributed by atoms with Gasteiger partial charge in [-0.1, -0.05) is 25.2 Å². The number of carboxylic acids is 1. The largest absolute Gasteiger partial charge is 0.481 e. The summed E-state index contributed by atoms with van der Waals surface area (Å²) in [6.07, 6.45) is 12.8. The van der Waals surface area contributed by atoms with Crippen LogP contribution in [0.5, 0.6) is 0 Å². The molecular weight excluding hydrogens is 264 g/mol. The lowest BCUT2D eigenvalue weighted by molar-refractivity contribution is -0.137. The molecule has 0 fully saturated rings. The van der Waals surface area contributed by atoms with Gasteiger partial charge in [0.1, 0.15) is 0 Å². The minimum absolute atomic E-state index is 0.0501. The Labute approximate surface area is 127 Å². The Bertz CT molecular complexity index is 463. The fraction of sp³-hybridized carbons (Fsp3) is 0.556. The van der Waals surface area contributed by atoms with Crippen LogP contribution in [0.3, 0.4) is 0 Å². The van der Waals surface area contributed by atoms with Crippen molar-refractivity contribution in [2.75, 3.05) is 0 Å². The van der Waals surface area contributed by atoms with Crippen molar-refractivity contribution < 1.29 is 14.7 Å². The fourth-order valence-corrected chi connectivity index (χ4v) is 2.37. The average molecular weight is 288 g/mol. The van der Waals surface area contributed by atoms with Gasteiger partial charge in [-0.2, -0.15) is 0 Å². The average Bonchev–Trinajstić information content (AvgIpc) is 2.79. The molecule has 1 aliphatic rings. The predicted molar refractivity (Wildman–Crippen MR) is 83.7 cm³/mol. The molecule has 2 unspecified atom stereocenters. The van der Waals surface area contributed by atoms with Gasteiger partial charge < -0.3 is 5.11 Å². The molecule has 0 radical (unpaired) electrons. The Balaban J connectivity index is 2.29. The lowest BCUT2D eigenvalue weighted by Crippen LogP contribution is -2.14. The summed E-state index contributed by atoms with van der Waals surface area (Å²) in [7, 11) is 0. The molecule has 0 saturated heterocycles. The lowest BCUT2D eigenvalue weighted by atomic mass is 9.89. The molecule has 21 heavy (non-hydrogen) atoms. The topological polar surface area (TPSA) is 54.4 Å². The number of hydrogen-bond acceptors (Lipinski definition) is 2. The van der Waals surface area contributed by atoms with E-state index in [1.165, 1.54) is 0 Å². The highest BCUT2D eigenvalue weighted by atomic mass is 16.4. The quantitative estimate of drug-likeness (QED) is 0.420. The van der Waals surface area contributed by atoms with Crippen molar-refractivity contribution in [3.63, 3.8) is 0 Å². The van der Waals surface area contributed by atoms with Gasteiger partial charge in [-0.15, -0.1) is 11.8 Å². The summed E-state index contributed by atoms with van der Waals surface area (Å²) in [4.78, 5) is 22.1. The van der Waals surface area contributed by atoms with Gasteiger partial charge in [0, 0.05) is 25.2 Å². The number of aliphatic carboxylic acids is 1. The maximum atomic E-state index is 11.8. The summed E-state index contributed by atoms with van der Waals surface area (Å²) in [5, 5.41) is 8.52. The lowest BCUT2D eigenvalue weighted by Gasteiger charge is -2.13. The Morgan fingerprint density at radius 3 is 2.86 bits per heavy atom. The van der Waals surface area contributed by atoms with E-state index in [0.717, 1.165) is 25.7 Å². The Kier molecular flexibility index (Phi) is 8.19. The molecule has 0 aliphatic heterocycles. The standard InChI is InChI=1S/C18H24O3/c1-2-3-7-11-16-15(13-14-17(16)19)10-8-5-4-6-9-12-18(20)21/h3,7,13-16H,2,4,6,9-12H2,1H3,(H,20,21). The molecule has 3 nitrogen and oxygen atoms in total.